The quantitative estimate of drug-likeness (QED) is 0.0909. The number of nitrogens with zero attached hydrogens (tertiary/aromatic N) is 1. The summed E-state index contributed by atoms with van der Waals surface area (Å²) in [5.74, 6) is -2.14. The number of amidine groups is 1. The summed E-state index contributed by atoms with van der Waals surface area (Å²) in [5, 5.41) is 15.1. The molecule has 2 heterocycles. The summed E-state index contributed by atoms with van der Waals surface area (Å²) in [6.45, 7) is 8.09. The molecule has 4 atom stereocenters. The fourth-order valence-corrected chi connectivity index (χ4v) is 4.88. The van der Waals surface area contributed by atoms with Gasteiger partial charge in [-0.3, -0.25) is 29.4 Å². The van der Waals surface area contributed by atoms with Crippen molar-refractivity contribution in [2.75, 3.05) is 13.2 Å². The van der Waals surface area contributed by atoms with Crippen molar-refractivity contribution in [2.45, 2.75) is 84.7 Å². The molecule has 2 aliphatic rings. The van der Waals surface area contributed by atoms with Gasteiger partial charge in [0.1, 0.15) is 11.8 Å². The van der Waals surface area contributed by atoms with E-state index in [4.69, 9.17) is 10.5 Å². The van der Waals surface area contributed by atoms with Crippen molar-refractivity contribution in [1.29, 1.82) is 0 Å². The van der Waals surface area contributed by atoms with Gasteiger partial charge in [-0.1, -0.05) is 32.9 Å². The Kier molecular flexibility index (Phi) is 13.6. The summed E-state index contributed by atoms with van der Waals surface area (Å²) in [7, 11) is 0. The fourth-order valence-electron chi connectivity index (χ4n) is 4.88. The van der Waals surface area contributed by atoms with Crippen LogP contribution in [0.5, 0.6) is 5.75 Å². The van der Waals surface area contributed by atoms with Gasteiger partial charge in [0.15, 0.2) is 5.78 Å². The molecular formula is C29H45N5O6. The molecule has 0 aliphatic carbocycles. The monoisotopic (exact) mass is 559 g/mol. The van der Waals surface area contributed by atoms with Crippen LogP contribution in [0.25, 0.3) is 0 Å². The highest BCUT2D eigenvalue weighted by molar-refractivity contribution is 5.94. The molecule has 0 radical (unpaired) electrons. The van der Waals surface area contributed by atoms with Crippen LogP contribution in [0, 0.1) is 17.8 Å². The third-order valence-corrected chi connectivity index (χ3v) is 6.98. The predicted octanol–water partition coefficient (Wildman–Crippen LogP) is 2.29. The number of rotatable bonds is 11. The number of aliphatic imine (C=N–C) groups is 1. The van der Waals surface area contributed by atoms with Crippen LogP contribution in [0.1, 0.15) is 71.8 Å². The Bertz CT molecular complexity index is 1020. The van der Waals surface area contributed by atoms with E-state index < -0.39 is 41.6 Å². The molecule has 2 aliphatic heterocycles. The molecular weight excluding hydrogens is 514 g/mol. The summed E-state index contributed by atoms with van der Waals surface area (Å²) in [6, 6.07) is 5.53. The number of nitrogens with one attached hydrogen (secondary N) is 3. The number of carbonyl (C=O) groups is 4. The lowest BCUT2D eigenvalue weighted by atomic mass is 9.81. The second-order valence-electron chi connectivity index (χ2n) is 10.8. The van der Waals surface area contributed by atoms with Crippen LogP contribution in [0.2, 0.25) is 0 Å². The second kappa shape index (κ2) is 16.6. The van der Waals surface area contributed by atoms with Crippen LogP contribution in [0.3, 0.4) is 0 Å². The third-order valence-electron chi connectivity index (χ3n) is 6.98. The van der Waals surface area contributed by atoms with E-state index in [2.05, 4.69) is 15.6 Å². The molecule has 11 heteroatoms. The van der Waals surface area contributed by atoms with Crippen molar-refractivity contribution in [3.63, 3.8) is 0 Å². The number of ether oxygens (including phenoxy) is 1. The Morgan fingerprint density at radius 3 is 2.50 bits per heavy atom. The van der Waals surface area contributed by atoms with Crippen LogP contribution >= 0.6 is 0 Å². The minimum Gasteiger partial charge on any atom is -0.494 e. The van der Waals surface area contributed by atoms with E-state index in [1.165, 1.54) is 0 Å². The number of Topliss-reactive ketones (excluding diaryl/α,β-unsaturated/α-hetero) is 1. The number of ketones is 1. The minimum atomic E-state index is -0.994. The molecule has 0 saturated heterocycles. The van der Waals surface area contributed by atoms with Crippen LogP contribution in [0.15, 0.2) is 29.3 Å². The Labute approximate surface area is 236 Å². The van der Waals surface area contributed by atoms with E-state index >= 15 is 0 Å². The van der Waals surface area contributed by atoms with Crippen LogP contribution in [0.4, 0.5) is 0 Å². The molecule has 0 spiro atoms. The van der Waals surface area contributed by atoms with E-state index in [0.29, 0.717) is 56.8 Å². The number of benzene rings is 1. The molecule has 6 N–H and O–H groups in total. The number of carbonyl (C=O) groups excluding carboxylic acids is 4. The Balaban J connectivity index is 2.37. The Hall–Kier alpha value is -3.47. The van der Waals surface area contributed by atoms with Gasteiger partial charge >= 0.3 is 0 Å². The van der Waals surface area contributed by atoms with Gasteiger partial charge in [-0.25, -0.2) is 5.48 Å². The molecule has 222 valence electrons. The maximum atomic E-state index is 13.7. The van der Waals surface area contributed by atoms with Crippen molar-refractivity contribution in [1.82, 2.24) is 16.1 Å². The lowest BCUT2D eigenvalue weighted by Gasteiger charge is -2.29. The summed E-state index contributed by atoms with van der Waals surface area (Å²) in [6.07, 6.45) is 2.54. The van der Waals surface area contributed by atoms with E-state index in [-0.39, 0.29) is 24.5 Å². The van der Waals surface area contributed by atoms with Crippen LogP contribution in [-0.2, 0) is 25.6 Å². The first-order chi connectivity index (χ1) is 19.0. The highest BCUT2D eigenvalue weighted by Crippen LogP contribution is 2.27. The molecule has 11 nitrogen and oxygen atoms in total. The van der Waals surface area contributed by atoms with E-state index in [9.17, 15) is 24.4 Å². The minimum absolute atomic E-state index is 0.0744. The molecule has 1 aromatic carbocycles. The van der Waals surface area contributed by atoms with Crippen molar-refractivity contribution in [3.8, 4) is 5.75 Å². The van der Waals surface area contributed by atoms with Gasteiger partial charge in [-0.15, -0.1) is 0 Å². The first kappa shape index (κ1) is 32.7. The number of fused-ring (bicyclic) bond motifs is 11. The standard InChI is InChI=1S/C29H45N5O6/c1-5-26(35)24(9-6-14-31-19(4)30)32-29(38)25-17-20-10-12-21(13-11-20)40-15-7-8-22(28(37)34-39)23(16-18(2)3)27(36)33-25/h10-13,18,22-25,39H,5-9,14-17H2,1-4H3,(H2,30,31)(H,32,38)(H,33,36)(H,34,37)/t22-,23+,24-,25-/m0/s1. The second-order valence-corrected chi connectivity index (χ2v) is 10.8. The van der Waals surface area contributed by atoms with Crippen molar-refractivity contribution < 1.29 is 29.1 Å². The van der Waals surface area contributed by atoms with E-state index in [0.717, 1.165) is 5.56 Å². The predicted molar refractivity (Wildman–Crippen MR) is 152 cm³/mol. The third kappa shape index (κ3) is 10.6. The Morgan fingerprint density at radius 1 is 1.20 bits per heavy atom. The van der Waals surface area contributed by atoms with Crippen LogP contribution in [-0.4, -0.2) is 59.8 Å². The number of nitrogens with two attached hydrogens (primary N) is 1. The smallest absolute Gasteiger partial charge is 0.247 e. The highest BCUT2D eigenvalue weighted by Gasteiger charge is 2.36. The van der Waals surface area contributed by atoms with Crippen molar-refractivity contribution in [2.24, 2.45) is 28.5 Å². The van der Waals surface area contributed by atoms with Gasteiger partial charge < -0.3 is 21.1 Å². The molecule has 40 heavy (non-hydrogen) atoms. The summed E-state index contributed by atoms with van der Waals surface area (Å²) < 4.78 is 5.81. The fraction of sp³-hybridized carbons (Fsp3) is 0.621. The van der Waals surface area contributed by atoms with Gasteiger partial charge in [0.25, 0.3) is 0 Å². The average Bonchev–Trinajstić information content (AvgIpc) is 2.92. The molecule has 0 aromatic heterocycles. The number of amides is 3. The normalized spacial score (nSPS) is 21.1. The zero-order valence-corrected chi connectivity index (χ0v) is 24.1. The van der Waals surface area contributed by atoms with E-state index in [1.807, 2.05) is 26.0 Å². The molecule has 3 amide bonds. The number of hydrogen-bond acceptors (Lipinski definition) is 7. The first-order valence-electron chi connectivity index (χ1n) is 14.1. The van der Waals surface area contributed by atoms with E-state index in [1.54, 1.807) is 31.5 Å². The Morgan fingerprint density at radius 2 is 1.90 bits per heavy atom. The molecule has 2 bridgehead atoms. The maximum absolute atomic E-state index is 13.7. The lowest BCUT2D eigenvalue weighted by Crippen LogP contribution is -2.54. The lowest BCUT2D eigenvalue weighted by molar-refractivity contribution is -0.142. The van der Waals surface area contributed by atoms with Gasteiger partial charge in [-0.05, 0) is 62.6 Å². The highest BCUT2D eigenvalue weighted by atomic mass is 16.5. The first-order valence-corrected chi connectivity index (χ1v) is 14.1. The number of hydroxylamine groups is 1. The summed E-state index contributed by atoms with van der Waals surface area (Å²) in [4.78, 5) is 56.8. The van der Waals surface area contributed by atoms with Crippen molar-refractivity contribution in [3.05, 3.63) is 29.8 Å². The topological polar surface area (TPSA) is 172 Å². The van der Waals surface area contributed by atoms with Gasteiger partial charge in [-0.2, -0.15) is 0 Å². The molecule has 0 fully saturated rings. The zero-order valence-electron chi connectivity index (χ0n) is 24.1. The molecule has 0 unspecified atom stereocenters. The number of hydrogen-bond donors (Lipinski definition) is 5. The zero-order chi connectivity index (χ0) is 29.7. The maximum Gasteiger partial charge on any atom is 0.247 e. The average molecular weight is 560 g/mol. The van der Waals surface area contributed by atoms with Gasteiger partial charge in [0.2, 0.25) is 17.7 Å². The van der Waals surface area contributed by atoms with Crippen LogP contribution < -0.4 is 26.6 Å². The largest absolute Gasteiger partial charge is 0.494 e. The molecule has 3 rings (SSSR count). The van der Waals surface area contributed by atoms with Gasteiger partial charge in [0.05, 0.1) is 24.4 Å². The van der Waals surface area contributed by atoms with Gasteiger partial charge in [0, 0.05) is 25.3 Å². The summed E-state index contributed by atoms with van der Waals surface area (Å²) >= 11 is 0. The molecule has 1 aromatic rings. The summed E-state index contributed by atoms with van der Waals surface area (Å²) in [5.41, 5.74) is 8.09. The SMILES string of the molecule is CCC(=O)[C@H](CCCN=C(C)N)NC(=O)[C@@H]1Cc2ccc(cc2)OCCC[C@H](C(=O)NO)[C@@H](CC(C)C)C(=O)N1. The molecule has 0 saturated carbocycles. The van der Waals surface area contributed by atoms with Crippen molar-refractivity contribution >= 4 is 29.3 Å².